The molecule has 0 aliphatic carbocycles. The van der Waals surface area contributed by atoms with Gasteiger partial charge in [-0.15, -0.1) is 0 Å². The number of halogens is 1. The highest BCUT2D eigenvalue weighted by molar-refractivity contribution is 6.31. The molecule has 1 aliphatic heterocycles. The van der Waals surface area contributed by atoms with Crippen molar-refractivity contribution >= 4 is 29.4 Å². The monoisotopic (exact) mass is 324 g/mol. The van der Waals surface area contributed by atoms with Crippen LogP contribution in [0.15, 0.2) is 59.2 Å². The Balaban J connectivity index is 1.73. The summed E-state index contributed by atoms with van der Waals surface area (Å²) in [5.41, 5.74) is 3.64. The van der Waals surface area contributed by atoms with Gasteiger partial charge in [-0.1, -0.05) is 59.6 Å². The molecule has 3 rings (SSSR count). The number of carbonyl (C=O) groups is 1. The summed E-state index contributed by atoms with van der Waals surface area (Å²) < 4.78 is 0. The van der Waals surface area contributed by atoms with E-state index in [-0.39, 0.29) is 5.91 Å². The molecule has 0 atom stereocenters. The molecule has 0 spiro atoms. The maximum Gasteiger partial charge on any atom is 0.275 e. The minimum atomic E-state index is -0.152. The summed E-state index contributed by atoms with van der Waals surface area (Å²) in [4.78, 5) is 16.4. The number of hydrogen-bond acceptors (Lipinski definition) is 2. The standard InChI is InChI=1S/C19H17ClN2O/c1-13-5-4-6-14(11-13)12-17-19(23)22-18(21-17)10-9-15-7-2-3-8-16(15)20/h2-8,11-12H,9-10H2,1H3,(H,21,22,23)/b17-12+. The minimum Gasteiger partial charge on any atom is -0.309 e. The zero-order valence-corrected chi connectivity index (χ0v) is 13.6. The first kappa shape index (κ1) is 15.5. The molecular formula is C19H17ClN2O. The van der Waals surface area contributed by atoms with Gasteiger partial charge in [0.05, 0.1) is 0 Å². The Kier molecular flexibility index (Phi) is 4.58. The maximum atomic E-state index is 12.0. The molecular weight excluding hydrogens is 308 g/mol. The van der Waals surface area contributed by atoms with Crippen LogP contribution in [0.1, 0.15) is 23.1 Å². The van der Waals surface area contributed by atoms with Crippen molar-refractivity contribution in [3.05, 3.63) is 75.9 Å². The highest BCUT2D eigenvalue weighted by Gasteiger charge is 2.19. The van der Waals surface area contributed by atoms with Crippen molar-refractivity contribution in [1.82, 2.24) is 5.32 Å². The van der Waals surface area contributed by atoms with E-state index >= 15 is 0 Å². The quantitative estimate of drug-likeness (QED) is 0.843. The van der Waals surface area contributed by atoms with Crippen molar-refractivity contribution in [3.8, 4) is 0 Å². The molecule has 0 saturated heterocycles. The largest absolute Gasteiger partial charge is 0.309 e. The fourth-order valence-electron chi connectivity index (χ4n) is 2.51. The highest BCUT2D eigenvalue weighted by atomic mass is 35.5. The number of amidine groups is 1. The van der Waals surface area contributed by atoms with Crippen LogP contribution in [-0.4, -0.2) is 11.7 Å². The van der Waals surface area contributed by atoms with Gasteiger partial charge < -0.3 is 5.32 Å². The van der Waals surface area contributed by atoms with Crippen LogP contribution in [0.3, 0.4) is 0 Å². The normalized spacial score (nSPS) is 15.7. The fourth-order valence-corrected chi connectivity index (χ4v) is 2.74. The van der Waals surface area contributed by atoms with E-state index in [0.717, 1.165) is 28.1 Å². The number of aryl methyl sites for hydroxylation is 2. The van der Waals surface area contributed by atoms with Crippen molar-refractivity contribution in [2.45, 2.75) is 19.8 Å². The van der Waals surface area contributed by atoms with Crippen LogP contribution < -0.4 is 5.32 Å². The molecule has 116 valence electrons. The SMILES string of the molecule is Cc1cccc(/C=C2/N=C(CCc3ccccc3Cl)NC2=O)c1. The van der Waals surface area contributed by atoms with Crippen LogP contribution in [0.4, 0.5) is 0 Å². The van der Waals surface area contributed by atoms with Crippen LogP contribution in [0.2, 0.25) is 5.02 Å². The number of carbonyl (C=O) groups excluding carboxylic acids is 1. The topological polar surface area (TPSA) is 41.5 Å². The predicted molar refractivity (Wildman–Crippen MR) is 94.5 cm³/mol. The Morgan fingerprint density at radius 2 is 1.96 bits per heavy atom. The Bertz CT molecular complexity index is 809. The first-order valence-electron chi connectivity index (χ1n) is 7.52. The van der Waals surface area contributed by atoms with Crippen LogP contribution >= 0.6 is 11.6 Å². The van der Waals surface area contributed by atoms with Gasteiger partial charge in [-0.2, -0.15) is 0 Å². The van der Waals surface area contributed by atoms with Gasteiger partial charge in [0.1, 0.15) is 11.5 Å². The van der Waals surface area contributed by atoms with E-state index in [1.165, 1.54) is 0 Å². The Labute approximate surface area is 140 Å². The number of rotatable bonds is 4. The van der Waals surface area contributed by atoms with Gasteiger partial charge in [-0.05, 0) is 36.6 Å². The number of benzene rings is 2. The lowest BCUT2D eigenvalue weighted by Crippen LogP contribution is -2.24. The second-order valence-corrected chi connectivity index (χ2v) is 5.95. The third kappa shape index (κ3) is 3.88. The lowest BCUT2D eigenvalue weighted by molar-refractivity contribution is -0.115. The van der Waals surface area contributed by atoms with Crippen molar-refractivity contribution < 1.29 is 4.79 Å². The van der Waals surface area contributed by atoms with Crippen LogP contribution in [0.25, 0.3) is 6.08 Å². The Morgan fingerprint density at radius 3 is 2.74 bits per heavy atom. The smallest absolute Gasteiger partial charge is 0.275 e. The highest BCUT2D eigenvalue weighted by Crippen LogP contribution is 2.18. The first-order valence-corrected chi connectivity index (χ1v) is 7.90. The molecule has 0 unspecified atom stereocenters. The second-order valence-electron chi connectivity index (χ2n) is 5.55. The van der Waals surface area contributed by atoms with Crippen molar-refractivity contribution in [2.24, 2.45) is 4.99 Å². The molecule has 0 saturated carbocycles. The van der Waals surface area contributed by atoms with E-state index in [4.69, 9.17) is 11.6 Å². The van der Waals surface area contributed by atoms with E-state index in [2.05, 4.69) is 10.3 Å². The molecule has 1 amide bonds. The second kappa shape index (κ2) is 6.80. The first-order chi connectivity index (χ1) is 11.1. The lowest BCUT2D eigenvalue weighted by atomic mass is 10.1. The van der Waals surface area contributed by atoms with E-state index < -0.39 is 0 Å². The molecule has 2 aromatic rings. The van der Waals surface area contributed by atoms with Crippen LogP contribution in [0, 0.1) is 6.92 Å². The minimum absolute atomic E-state index is 0.152. The van der Waals surface area contributed by atoms with Crippen molar-refractivity contribution in [1.29, 1.82) is 0 Å². The molecule has 3 nitrogen and oxygen atoms in total. The summed E-state index contributed by atoms with van der Waals surface area (Å²) in [5.74, 6) is 0.537. The number of nitrogens with zero attached hydrogens (tertiary/aromatic N) is 1. The molecule has 4 heteroatoms. The third-order valence-electron chi connectivity index (χ3n) is 3.68. The molecule has 23 heavy (non-hydrogen) atoms. The Hall–Kier alpha value is -2.39. The van der Waals surface area contributed by atoms with E-state index in [0.29, 0.717) is 18.0 Å². The van der Waals surface area contributed by atoms with Gasteiger partial charge in [0.15, 0.2) is 0 Å². The van der Waals surface area contributed by atoms with Gasteiger partial charge in [-0.25, -0.2) is 4.99 Å². The van der Waals surface area contributed by atoms with E-state index in [9.17, 15) is 4.79 Å². The fraction of sp³-hybridized carbons (Fsp3) is 0.158. The van der Waals surface area contributed by atoms with Crippen LogP contribution in [-0.2, 0) is 11.2 Å². The summed E-state index contributed by atoms with van der Waals surface area (Å²) in [6, 6.07) is 15.7. The molecule has 1 aliphatic rings. The zero-order chi connectivity index (χ0) is 16.2. The predicted octanol–water partition coefficient (Wildman–Crippen LogP) is 4.15. The van der Waals surface area contributed by atoms with Crippen LogP contribution in [0.5, 0.6) is 0 Å². The summed E-state index contributed by atoms with van der Waals surface area (Å²) in [6.07, 6.45) is 3.21. The number of hydrogen-bond donors (Lipinski definition) is 1. The Morgan fingerprint density at radius 1 is 1.13 bits per heavy atom. The van der Waals surface area contributed by atoms with Crippen molar-refractivity contribution in [3.63, 3.8) is 0 Å². The number of aliphatic imine (C=N–C) groups is 1. The summed E-state index contributed by atoms with van der Waals surface area (Å²) in [7, 11) is 0. The average molecular weight is 325 g/mol. The lowest BCUT2D eigenvalue weighted by Gasteiger charge is -2.03. The molecule has 2 aromatic carbocycles. The molecule has 0 radical (unpaired) electrons. The van der Waals surface area contributed by atoms with Crippen molar-refractivity contribution in [2.75, 3.05) is 0 Å². The molecule has 0 bridgehead atoms. The summed E-state index contributed by atoms with van der Waals surface area (Å²) >= 11 is 6.15. The summed E-state index contributed by atoms with van der Waals surface area (Å²) in [5, 5.41) is 3.57. The molecule has 1 N–H and O–H groups in total. The molecule has 1 heterocycles. The van der Waals surface area contributed by atoms with E-state index in [1.54, 1.807) is 0 Å². The maximum absolute atomic E-state index is 12.0. The molecule has 0 fully saturated rings. The summed E-state index contributed by atoms with van der Waals surface area (Å²) in [6.45, 7) is 2.02. The third-order valence-corrected chi connectivity index (χ3v) is 4.05. The zero-order valence-electron chi connectivity index (χ0n) is 12.8. The van der Waals surface area contributed by atoms with Gasteiger partial charge in [-0.3, -0.25) is 4.79 Å². The van der Waals surface area contributed by atoms with Gasteiger partial charge in [0.2, 0.25) is 0 Å². The number of amides is 1. The number of nitrogens with one attached hydrogen (secondary N) is 1. The van der Waals surface area contributed by atoms with Gasteiger partial charge >= 0.3 is 0 Å². The van der Waals surface area contributed by atoms with E-state index in [1.807, 2.05) is 61.5 Å². The van der Waals surface area contributed by atoms with Gasteiger partial charge in [0.25, 0.3) is 5.91 Å². The van der Waals surface area contributed by atoms with Gasteiger partial charge in [0, 0.05) is 11.4 Å². The average Bonchev–Trinajstić information content (AvgIpc) is 2.87. The molecule has 0 aromatic heterocycles.